The molecule has 0 bridgehead atoms. The van der Waals surface area contributed by atoms with Gasteiger partial charge in [0.25, 0.3) is 10.0 Å². The van der Waals surface area contributed by atoms with Crippen LogP contribution >= 0.6 is 11.6 Å². The van der Waals surface area contributed by atoms with Gasteiger partial charge >= 0.3 is 0 Å². The van der Waals surface area contributed by atoms with Gasteiger partial charge in [0.15, 0.2) is 4.90 Å². The molecular formula is C23H19ClN2O5S2. The predicted molar refractivity (Wildman–Crippen MR) is 129 cm³/mol. The second kappa shape index (κ2) is 9.48. The van der Waals surface area contributed by atoms with Crippen LogP contribution in [0.15, 0.2) is 87.2 Å². The molecule has 1 amide bonds. The summed E-state index contributed by atoms with van der Waals surface area (Å²) in [5, 5.41) is 3.35. The largest absolute Gasteiger partial charge is 0.611 e. The number of fused-ring (bicyclic) bond motifs is 1. The van der Waals surface area contributed by atoms with E-state index in [0.29, 0.717) is 22.2 Å². The van der Waals surface area contributed by atoms with Gasteiger partial charge in [-0.3, -0.25) is 9.52 Å². The second-order valence-electron chi connectivity index (χ2n) is 7.22. The number of nitrogens with one attached hydrogen (secondary N) is 2. The summed E-state index contributed by atoms with van der Waals surface area (Å²) in [6.07, 6.45) is 0. The summed E-state index contributed by atoms with van der Waals surface area (Å²) < 4.78 is 47.1. The molecule has 10 heteroatoms. The quantitative estimate of drug-likeness (QED) is 0.339. The van der Waals surface area contributed by atoms with Crippen LogP contribution in [0.25, 0.3) is 11.0 Å². The number of rotatable bonds is 7. The number of amides is 1. The van der Waals surface area contributed by atoms with Crippen LogP contribution in [0.5, 0.6) is 0 Å². The van der Waals surface area contributed by atoms with Crippen molar-refractivity contribution in [3.63, 3.8) is 0 Å². The number of carbonyl (C=O) groups is 1. The molecule has 170 valence electrons. The molecule has 1 unspecified atom stereocenters. The zero-order valence-corrected chi connectivity index (χ0v) is 19.8. The van der Waals surface area contributed by atoms with Crippen molar-refractivity contribution >= 4 is 61.1 Å². The van der Waals surface area contributed by atoms with E-state index >= 15 is 0 Å². The van der Waals surface area contributed by atoms with Crippen molar-refractivity contribution in [1.82, 2.24) is 0 Å². The fraction of sp³-hybridized carbons (Fsp3) is 0.0870. The first-order valence-electron chi connectivity index (χ1n) is 9.77. The average Bonchev–Trinajstić information content (AvgIpc) is 3.19. The van der Waals surface area contributed by atoms with E-state index in [4.69, 9.17) is 16.0 Å². The van der Waals surface area contributed by atoms with Crippen LogP contribution < -0.4 is 10.0 Å². The molecule has 0 aliphatic heterocycles. The van der Waals surface area contributed by atoms with Gasteiger partial charge in [-0.1, -0.05) is 41.9 Å². The van der Waals surface area contributed by atoms with Gasteiger partial charge in [0.2, 0.25) is 11.0 Å². The highest BCUT2D eigenvalue weighted by molar-refractivity contribution is 7.93. The summed E-state index contributed by atoms with van der Waals surface area (Å²) in [7, 11) is -4.10. The van der Waals surface area contributed by atoms with E-state index in [0.717, 1.165) is 0 Å². The molecule has 0 aliphatic rings. The Bertz CT molecular complexity index is 1400. The molecule has 33 heavy (non-hydrogen) atoms. The third-order valence-electron chi connectivity index (χ3n) is 4.64. The number of carbonyl (C=O) groups excluding carboxylic acids is 1. The summed E-state index contributed by atoms with van der Waals surface area (Å²) in [6, 6.07) is 19.8. The summed E-state index contributed by atoms with van der Waals surface area (Å²) in [5.41, 5.74) is 1.82. The van der Waals surface area contributed by atoms with Crippen molar-refractivity contribution in [1.29, 1.82) is 0 Å². The minimum Gasteiger partial charge on any atom is -0.611 e. The number of anilines is 2. The Morgan fingerprint density at radius 2 is 1.85 bits per heavy atom. The van der Waals surface area contributed by atoms with Crippen LogP contribution in [0, 0.1) is 0 Å². The fourth-order valence-corrected chi connectivity index (χ4v) is 5.73. The van der Waals surface area contributed by atoms with Crippen molar-refractivity contribution in [2.45, 2.75) is 22.7 Å². The molecule has 1 heterocycles. The highest BCUT2D eigenvalue weighted by Crippen LogP contribution is 2.31. The molecule has 0 saturated heterocycles. The van der Waals surface area contributed by atoms with Crippen LogP contribution in [-0.4, -0.2) is 18.9 Å². The maximum Gasteiger partial charge on any atom is 0.295 e. The highest BCUT2D eigenvalue weighted by Gasteiger charge is 2.25. The number of halogens is 1. The third-order valence-corrected chi connectivity index (χ3v) is 7.54. The molecule has 1 aromatic heterocycles. The summed E-state index contributed by atoms with van der Waals surface area (Å²) >= 11 is 4.48. The Morgan fingerprint density at radius 1 is 1.06 bits per heavy atom. The predicted octanol–water partition coefficient (Wildman–Crippen LogP) is 5.15. The first-order valence-corrected chi connectivity index (χ1v) is 13.0. The summed E-state index contributed by atoms with van der Waals surface area (Å²) in [6.45, 7) is 1.40. The van der Waals surface area contributed by atoms with Crippen molar-refractivity contribution in [2.75, 3.05) is 10.0 Å². The normalized spacial score (nSPS) is 12.5. The molecule has 4 aromatic rings. The Labute approximate surface area is 199 Å². The lowest BCUT2D eigenvalue weighted by Gasteiger charge is -2.16. The van der Waals surface area contributed by atoms with Gasteiger partial charge < -0.3 is 14.3 Å². The van der Waals surface area contributed by atoms with Crippen molar-refractivity contribution < 1.29 is 22.2 Å². The van der Waals surface area contributed by atoms with Gasteiger partial charge in [0.05, 0.1) is 0 Å². The first kappa shape index (κ1) is 23.2. The maximum absolute atomic E-state index is 13.2. The molecule has 3 aromatic carbocycles. The van der Waals surface area contributed by atoms with E-state index in [-0.39, 0.29) is 32.4 Å². The molecule has 4 rings (SSSR count). The van der Waals surface area contributed by atoms with Crippen LogP contribution in [0.3, 0.4) is 0 Å². The molecule has 2 N–H and O–H groups in total. The minimum absolute atomic E-state index is 0.0966. The SMILES string of the molecule is CC(=O)Nc1cccc(C[S+]([O-])c2ccc(Cl)cc2NS(=O)(=O)c2cc3ccccc3o2)c1. The fourth-order valence-electron chi connectivity index (χ4n) is 3.24. The molecule has 0 aliphatic carbocycles. The topological polar surface area (TPSA) is 111 Å². The smallest absolute Gasteiger partial charge is 0.295 e. The number of furan rings is 1. The number of hydrogen-bond acceptors (Lipinski definition) is 5. The molecule has 0 saturated carbocycles. The lowest BCUT2D eigenvalue weighted by molar-refractivity contribution is -0.114. The molecule has 0 fully saturated rings. The van der Waals surface area contributed by atoms with E-state index < -0.39 is 21.2 Å². The van der Waals surface area contributed by atoms with Gasteiger partial charge in [0.1, 0.15) is 17.0 Å². The summed E-state index contributed by atoms with van der Waals surface area (Å²) in [4.78, 5) is 11.6. The average molecular weight is 503 g/mol. The lowest BCUT2D eigenvalue weighted by Crippen LogP contribution is -2.16. The lowest BCUT2D eigenvalue weighted by atomic mass is 10.2. The Balaban J connectivity index is 1.61. The van der Waals surface area contributed by atoms with Gasteiger partial charge in [-0.05, 0) is 47.6 Å². The zero-order valence-electron chi connectivity index (χ0n) is 17.4. The molecule has 7 nitrogen and oxygen atoms in total. The molecule has 0 radical (unpaired) electrons. The Kier molecular flexibility index (Phi) is 6.66. The van der Waals surface area contributed by atoms with Crippen LogP contribution in [0.1, 0.15) is 12.5 Å². The van der Waals surface area contributed by atoms with E-state index in [1.165, 1.54) is 25.1 Å². The highest BCUT2D eigenvalue weighted by atomic mass is 35.5. The Hall–Kier alpha value is -2.98. The third kappa shape index (κ3) is 5.51. The maximum atomic E-state index is 13.2. The second-order valence-corrected chi connectivity index (χ2v) is 10.7. The van der Waals surface area contributed by atoms with Gasteiger partial charge in [-0.15, -0.1) is 0 Å². The zero-order chi connectivity index (χ0) is 23.6. The van der Waals surface area contributed by atoms with Crippen molar-refractivity contribution in [3.05, 3.63) is 83.4 Å². The molecule has 0 spiro atoms. The van der Waals surface area contributed by atoms with Crippen molar-refractivity contribution in [3.8, 4) is 0 Å². The van der Waals surface area contributed by atoms with Crippen molar-refractivity contribution in [2.24, 2.45) is 0 Å². The van der Waals surface area contributed by atoms with Crippen LogP contribution in [0.4, 0.5) is 11.4 Å². The van der Waals surface area contributed by atoms with Gasteiger partial charge in [0, 0.05) is 34.6 Å². The van der Waals surface area contributed by atoms with Crippen LogP contribution in [0.2, 0.25) is 5.02 Å². The molecule has 1 atom stereocenters. The molecular weight excluding hydrogens is 484 g/mol. The number of para-hydroxylation sites is 1. The van der Waals surface area contributed by atoms with E-state index in [1.54, 1.807) is 54.6 Å². The summed E-state index contributed by atoms with van der Waals surface area (Å²) in [5.74, 6) is -0.109. The Morgan fingerprint density at radius 3 is 2.61 bits per heavy atom. The minimum atomic E-state index is -4.10. The first-order chi connectivity index (χ1) is 15.7. The number of sulfonamides is 1. The van der Waals surface area contributed by atoms with E-state index in [2.05, 4.69) is 10.0 Å². The van der Waals surface area contributed by atoms with Gasteiger partial charge in [-0.25, -0.2) is 0 Å². The van der Waals surface area contributed by atoms with Gasteiger partial charge in [-0.2, -0.15) is 8.42 Å². The van der Waals surface area contributed by atoms with Crippen LogP contribution in [-0.2, 0) is 31.7 Å². The monoisotopic (exact) mass is 502 g/mol. The standard InChI is InChI=1S/C23H19ClN2O5S2/c1-15(27)25-19-7-4-5-16(11-19)14-32(28)22-10-9-18(24)13-20(22)26-33(29,30)23-12-17-6-2-3-8-21(17)31-23/h2-13,26H,14H2,1H3,(H,25,27). The van der Waals surface area contributed by atoms with E-state index in [1.807, 2.05) is 0 Å². The number of hydrogen-bond donors (Lipinski definition) is 2. The number of benzene rings is 3. The van der Waals surface area contributed by atoms with E-state index in [9.17, 15) is 17.8 Å².